The molecule has 1 aromatic rings. The molecule has 3 saturated carbocycles. The lowest BCUT2D eigenvalue weighted by Crippen LogP contribution is -2.38. The number of halogens is 2. The standard InChI is InChI=1S/C17H21Br2N/c18-15-5-4-10(6-16(15)19)9-20-17-8-11-7-14(17)13-3-1-2-12(11)13/h4-6,11-14,17,20H,1-3,7-9H2. The van der Waals surface area contributed by atoms with Crippen LogP contribution in [0.25, 0.3) is 0 Å². The first-order chi connectivity index (χ1) is 9.72. The van der Waals surface area contributed by atoms with E-state index in [2.05, 4.69) is 55.4 Å². The molecule has 3 aliphatic carbocycles. The summed E-state index contributed by atoms with van der Waals surface area (Å²) in [4.78, 5) is 0. The van der Waals surface area contributed by atoms with Gasteiger partial charge in [-0.25, -0.2) is 0 Å². The van der Waals surface area contributed by atoms with Crippen LogP contribution in [-0.2, 0) is 6.54 Å². The highest BCUT2D eigenvalue weighted by Crippen LogP contribution is 2.58. The van der Waals surface area contributed by atoms with Gasteiger partial charge in [0.1, 0.15) is 0 Å². The van der Waals surface area contributed by atoms with Crippen LogP contribution in [0.15, 0.2) is 27.1 Å². The molecule has 0 aliphatic heterocycles. The summed E-state index contributed by atoms with van der Waals surface area (Å²) in [5.74, 6) is 4.18. The van der Waals surface area contributed by atoms with Crippen molar-refractivity contribution >= 4 is 31.9 Å². The third-order valence-electron chi connectivity index (χ3n) is 5.98. The zero-order valence-corrected chi connectivity index (χ0v) is 14.8. The molecule has 0 heterocycles. The van der Waals surface area contributed by atoms with Gasteiger partial charge in [-0.2, -0.15) is 0 Å². The predicted molar refractivity (Wildman–Crippen MR) is 89.5 cm³/mol. The molecule has 0 saturated heterocycles. The molecule has 3 aliphatic rings. The van der Waals surface area contributed by atoms with Crippen molar-refractivity contribution in [2.45, 2.75) is 44.7 Å². The Morgan fingerprint density at radius 3 is 2.70 bits per heavy atom. The van der Waals surface area contributed by atoms with Crippen molar-refractivity contribution < 1.29 is 0 Å². The Morgan fingerprint density at radius 1 is 1.00 bits per heavy atom. The van der Waals surface area contributed by atoms with Gasteiger partial charge in [0.05, 0.1) is 0 Å². The molecule has 0 spiro atoms. The Bertz CT molecular complexity index is 516. The van der Waals surface area contributed by atoms with Crippen LogP contribution < -0.4 is 5.32 Å². The van der Waals surface area contributed by atoms with Crippen molar-refractivity contribution in [1.82, 2.24) is 5.32 Å². The zero-order valence-electron chi connectivity index (χ0n) is 11.6. The summed E-state index contributed by atoms with van der Waals surface area (Å²) >= 11 is 7.13. The van der Waals surface area contributed by atoms with Gasteiger partial charge in [0.15, 0.2) is 0 Å². The second-order valence-electron chi connectivity index (χ2n) is 6.89. The first-order valence-corrected chi connectivity index (χ1v) is 9.48. The highest BCUT2D eigenvalue weighted by molar-refractivity contribution is 9.13. The van der Waals surface area contributed by atoms with Crippen LogP contribution in [0.5, 0.6) is 0 Å². The number of hydrogen-bond donors (Lipinski definition) is 1. The molecule has 1 aromatic carbocycles. The third-order valence-corrected chi connectivity index (χ3v) is 7.86. The van der Waals surface area contributed by atoms with Crippen molar-refractivity contribution in [3.8, 4) is 0 Å². The normalized spacial score (nSPS) is 38.4. The first kappa shape index (κ1) is 13.8. The number of hydrogen-bond acceptors (Lipinski definition) is 1. The van der Waals surface area contributed by atoms with E-state index in [1.54, 1.807) is 0 Å². The summed E-state index contributed by atoms with van der Waals surface area (Å²) in [6.07, 6.45) is 7.47. The molecule has 3 fully saturated rings. The molecular weight excluding hydrogens is 378 g/mol. The van der Waals surface area contributed by atoms with Crippen LogP contribution in [-0.4, -0.2) is 6.04 Å². The topological polar surface area (TPSA) is 12.0 Å². The van der Waals surface area contributed by atoms with E-state index in [9.17, 15) is 0 Å². The molecule has 4 rings (SSSR count). The van der Waals surface area contributed by atoms with Gasteiger partial charge in [0.25, 0.3) is 0 Å². The molecular formula is C17H21Br2N. The Kier molecular flexibility index (Phi) is 3.72. The van der Waals surface area contributed by atoms with Crippen LogP contribution in [0.2, 0.25) is 0 Å². The smallest absolute Gasteiger partial charge is 0.0320 e. The quantitative estimate of drug-likeness (QED) is 0.744. The molecule has 5 atom stereocenters. The summed E-state index contributed by atoms with van der Waals surface area (Å²) in [5, 5.41) is 3.85. The lowest BCUT2D eigenvalue weighted by Gasteiger charge is -2.32. The van der Waals surface area contributed by atoms with Gasteiger partial charge in [-0.05, 0) is 98.9 Å². The average molecular weight is 399 g/mol. The van der Waals surface area contributed by atoms with Crippen LogP contribution in [0.3, 0.4) is 0 Å². The molecule has 1 N–H and O–H groups in total. The second kappa shape index (κ2) is 5.40. The van der Waals surface area contributed by atoms with E-state index in [4.69, 9.17) is 0 Å². The highest BCUT2D eigenvalue weighted by atomic mass is 79.9. The summed E-state index contributed by atoms with van der Waals surface area (Å²) in [7, 11) is 0. The van der Waals surface area contributed by atoms with Gasteiger partial charge in [-0.3, -0.25) is 0 Å². The fourth-order valence-corrected chi connectivity index (χ4v) is 5.87. The minimum Gasteiger partial charge on any atom is -0.310 e. The SMILES string of the molecule is Brc1ccc(CNC2CC3CC2C2CCCC32)cc1Br. The zero-order chi connectivity index (χ0) is 13.7. The van der Waals surface area contributed by atoms with E-state index in [1.807, 2.05) is 0 Å². The maximum atomic E-state index is 3.85. The lowest BCUT2D eigenvalue weighted by atomic mass is 9.79. The van der Waals surface area contributed by atoms with Crippen LogP contribution in [0.4, 0.5) is 0 Å². The minimum atomic E-state index is 0.779. The first-order valence-electron chi connectivity index (χ1n) is 7.89. The lowest BCUT2D eigenvalue weighted by molar-refractivity contribution is 0.208. The van der Waals surface area contributed by atoms with Crippen LogP contribution >= 0.6 is 31.9 Å². The van der Waals surface area contributed by atoms with Gasteiger partial charge in [-0.1, -0.05) is 12.5 Å². The van der Waals surface area contributed by atoms with E-state index < -0.39 is 0 Å². The van der Waals surface area contributed by atoms with Crippen molar-refractivity contribution in [1.29, 1.82) is 0 Å². The maximum Gasteiger partial charge on any atom is 0.0320 e. The third kappa shape index (κ3) is 2.30. The molecule has 20 heavy (non-hydrogen) atoms. The van der Waals surface area contributed by atoms with E-state index in [-0.39, 0.29) is 0 Å². The molecule has 0 amide bonds. The molecule has 3 heteroatoms. The maximum absolute atomic E-state index is 3.85. The van der Waals surface area contributed by atoms with Gasteiger partial charge in [0, 0.05) is 21.5 Å². The van der Waals surface area contributed by atoms with Gasteiger partial charge in [0.2, 0.25) is 0 Å². The highest BCUT2D eigenvalue weighted by Gasteiger charge is 2.53. The van der Waals surface area contributed by atoms with Gasteiger partial charge >= 0.3 is 0 Å². The summed E-state index contributed by atoms with van der Waals surface area (Å²) in [6.45, 7) is 1.01. The fourth-order valence-electron chi connectivity index (χ4n) is 5.20. The monoisotopic (exact) mass is 397 g/mol. The van der Waals surface area contributed by atoms with Crippen molar-refractivity contribution in [2.24, 2.45) is 23.7 Å². The summed E-state index contributed by atoms with van der Waals surface area (Å²) < 4.78 is 2.29. The van der Waals surface area contributed by atoms with Crippen molar-refractivity contribution in [2.75, 3.05) is 0 Å². The number of fused-ring (bicyclic) bond motifs is 5. The Balaban J connectivity index is 1.40. The van der Waals surface area contributed by atoms with E-state index in [0.717, 1.165) is 45.2 Å². The number of nitrogens with one attached hydrogen (secondary N) is 1. The molecule has 1 nitrogen and oxygen atoms in total. The van der Waals surface area contributed by atoms with Crippen molar-refractivity contribution in [3.63, 3.8) is 0 Å². The van der Waals surface area contributed by atoms with Gasteiger partial charge in [-0.15, -0.1) is 0 Å². The molecule has 5 unspecified atom stereocenters. The van der Waals surface area contributed by atoms with E-state index in [1.165, 1.54) is 37.7 Å². The van der Waals surface area contributed by atoms with E-state index in [0.29, 0.717) is 0 Å². The minimum absolute atomic E-state index is 0.779. The van der Waals surface area contributed by atoms with Crippen LogP contribution in [0, 0.1) is 23.7 Å². The summed E-state index contributed by atoms with van der Waals surface area (Å²) in [6, 6.07) is 7.35. The Labute approximate surface area is 138 Å². The van der Waals surface area contributed by atoms with Gasteiger partial charge < -0.3 is 5.32 Å². The predicted octanol–water partition coefficient (Wildman–Crippen LogP) is 5.13. The molecule has 0 aromatic heterocycles. The summed E-state index contributed by atoms with van der Waals surface area (Å²) in [5.41, 5.74) is 1.38. The van der Waals surface area contributed by atoms with Crippen molar-refractivity contribution in [3.05, 3.63) is 32.7 Å². The number of rotatable bonds is 3. The Hall–Kier alpha value is 0.140. The largest absolute Gasteiger partial charge is 0.310 e. The Morgan fingerprint density at radius 2 is 1.85 bits per heavy atom. The fraction of sp³-hybridized carbons (Fsp3) is 0.647. The molecule has 108 valence electrons. The molecule has 2 bridgehead atoms. The second-order valence-corrected chi connectivity index (χ2v) is 8.60. The average Bonchev–Trinajstić information content (AvgIpc) is 3.11. The number of benzene rings is 1. The van der Waals surface area contributed by atoms with Crippen LogP contribution in [0.1, 0.15) is 37.7 Å². The van der Waals surface area contributed by atoms with E-state index >= 15 is 0 Å². The molecule has 0 radical (unpaired) electrons.